The summed E-state index contributed by atoms with van der Waals surface area (Å²) < 4.78 is 5.53. The third-order valence-corrected chi connectivity index (χ3v) is 4.23. The summed E-state index contributed by atoms with van der Waals surface area (Å²) in [6.07, 6.45) is 8.09. The lowest BCUT2D eigenvalue weighted by molar-refractivity contribution is 0.111. The summed E-state index contributed by atoms with van der Waals surface area (Å²) in [4.78, 5) is 0. The van der Waals surface area contributed by atoms with Crippen LogP contribution in [-0.2, 0) is 4.74 Å². The van der Waals surface area contributed by atoms with Gasteiger partial charge >= 0.3 is 0 Å². The molecule has 1 saturated heterocycles. The third-order valence-electron chi connectivity index (χ3n) is 4.23. The van der Waals surface area contributed by atoms with Crippen molar-refractivity contribution in [2.75, 3.05) is 19.8 Å². The van der Waals surface area contributed by atoms with E-state index in [4.69, 9.17) is 10.5 Å². The number of rotatable bonds is 3. The molecule has 2 N–H and O–H groups in total. The molecule has 0 aromatic carbocycles. The summed E-state index contributed by atoms with van der Waals surface area (Å²) in [7, 11) is 0. The molecule has 2 fully saturated rings. The van der Waals surface area contributed by atoms with E-state index in [0.717, 1.165) is 19.8 Å². The second-order valence-electron chi connectivity index (χ2n) is 5.70. The molecule has 0 radical (unpaired) electrons. The molecule has 0 aromatic rings. The van der Waals surface area contributed by atoms with E-state index in [1.165, 1.54) is 38.5 Å². The molecule has 82 valence electrons. The van der Waals surface area contributed by atoms with Crippen LogP contribution in [0.25, 0.3) is 0 Å². The first-order valence-electron chi connectivity index (χ1n) is 5.96. The summed E-state index contributed by atoms with van der Waals surface area (Å²) in [6.45, 7) is 5.07. The van der Waals surface area contributed by atoms with Crippen LogP contribution in [0.4, 0.5) is 0 Å². The van der Waals surface area contributed by atoms with Gasteiger partial charge in [0, 0.05) is 18.6 Å². The number of hydrogen-bond donors (Lipinski definition) is 1. The summed E-state index contributed by atoms with van der Waals surface area (Å²) >= 11 is 0. The minimum atomic E-state index is 0.319. The van der Waals surface area contributed by atoms with Gasteiger partial charge in [0.15, 0.2) is 0 Å². The molecule has 1 saturated carbocycles. The molecule has 2 aliphatic rings. The van der Waals surface area contributed by atoms with Crippen molar-refractivity contribution in [3.05, 3.63) is 0 Å². The van der Waals surface area contributed by atoms with Gasteiger partial charge in [0.25, 0.3) is 0 Å². The molecule has 0 spiro atoms. The van der Waals surface area contributed by atoms with Gasteiger partial charge in [-0.25, -0.2) is 0 Å². The van der Waals surface area contributed by atoms with Crippen molar-refractivity contribution >= 4 is 0 Å². The molecule has 0 bridgehead atoms. The van der Waals surface area contributed by atoms with Crippen molar-refractivity contribution in [2.24, 2.45) is 16.6 Å². The van der Waals surface area contributed by atoms with Crippen LogP contribution in [0.1, 0.15) is 45.4 Å². The predicted octanol–water partition coefficient (Wildman–Crippen LogP) is 2.32. The van der Waals surface area contributed by atoms with E-state index in [1.54, 1.807) is 0 Å². The van der Waals surface area contributed by atoms with E-state index < -0.39 is 0 Å². The second-order valence-corrected chi connectivity index (χ2v) is 5.70. The Hall–Kier alpha value is -0.0800. The number of ether oxygens (including phenoxy) is 1. The minimum Gasteiger partial charge on any atom is -0.381 e. The van der Waals surface area contributed by atoms with Crippen LogP contribution in [0.5, 0.6) is 0 Å². The number of nitrogens with two attached hydrogens (primary N) is 1. The second kappa shape index (κ2) is 3.82. The molecule has 14 heavy (non-hydrogen) atoms. The SMILES string of the molecule is CC1(CC2(CN)CCOC2)CCCC1. The van der Waals surface area contributed by atoms with Crippen molar-refractivity contribution in [2.45, 2.75) is 45.4 Å². The molecule has 1 aliphatic heterocycles. The van der Waals surface area contributed by atoms with Crippen molar-refractivity contribution < 1.29 is 4.74 Å². The fourth-order valence-electron chi connectivity index (χ4n) is 3.33. The molecule has 2 rings (SSSR count). The molecule has 1 unspecified atom stereocenters. The average molecular weight is 197 g/mol. The molecule has 1 aliphatic carbocycles. The minimum absolute atomic E-state index is 0.319. The zero-order valence-corrected chi connectivity index (χ0v) is 9.35. The van der Waals surface area contributed by atoms with Crippen LogP contribution in [-0.4, -0.2) is 19.8 Å². The Balaban J connectivity index is 1.99. The fourth-order valence-corrected chi connectivity index (χ4v) is 3.33. The van der Waals surface area contributed by atoms with Crippen LogP contribution in [0.15, 0.2) is 0 Å². The lowest BCUT2D eigenvalue weighted by atomic mass is 9.70. The highest BCUT2D eigenvalue weighted by atomic mass is 16.5. The summed E-state index contributed by atoms with van der Waals surface area (Å²) in [5.74, 6) is 0. The van der Waals surface area contributed by atoms with Crippen LogP contribution in [0.3, 0.4) is 0 Å². The Morgan fingerprint density at radius 1 is 1.21 bits per heavy atom. The lowest BCUT2D eigenvalue weighted by Gasteiger charge is -2.35. The lowest BCUT2D eigenvalue weighted by Crippen LogP contribution is -2.36. The number of hydrogen-bond acceptors (Lipinski definition) is 2. The molecule has 1 heterocycles. The third kappa shape index (κ3) is 1.96. The fraction of sp³-hybridized carbons (Fsp3) is 1.00. The zero-order valence-electron chi connectivity index (χ0n) is 9.35. The first-order chi connectivity index (χ1) is 6.68. The van der Waals surface area contributed by atoms with Gasteiger partial charge in [0.2, 0.25) is 0 Å². The van der Waals surface area contributed by atoms with Gasteiger partial charge in [-0.1, -0.05) is 19.8 Å². The summed E-state index contributed by atoms with van der Waals surface area (Å²) in [5.41, 5.74) is 6.81. The van der Waals surface area contributed by atoms with Crippen molar-refractivity contribution in [3.63, 3.8) is 0 Å². The Bertz CT molecular complexity index is 190. The Kier molecular flexibility index (Phi) is 2.85. The van der Waals surface area contributed by atoms with E-state index in [1.807, 2.05) is 0 Å². The highest BCUT2D eigenvalue weighted by molar-refractivity contribution is 4.92. The summed E-state index contributed by atoms with van der Waals surface area (Å²) in [6, 6.07) is 0. The first-order valence-corrected chi connectivity index (χ1v) is 5.96. The average Bonchev–Trinajstić information content (AvgIpc) is 2.76. The normalized spacial score (nSPS) is 36.4. The van der Waals surface area contributed by atoms with E-state index in [0.29, 0.717) is 10.8 Å². The largest absolute Gasteiger partial charge is 0.381 e. The Morgan fingerprint density at radius 3 is 2.43 bits per heavy atom. The molecular weight excluding hydrogens is 174 g/mol. The van der Waals surface area contributed by atoms with Crippen molar-refractivity contribution in [1.29, 1.82) is 0 Å². The maximum atomic E-state index is 5.93. The van der Waals surface area contributed by atoms with Crippen LogP contribution < -0.4 is 5.73 Å². The van der Waals surface area contributed by atoms with Gasteiger partial charge in [-0.2, -0.15) is 0 Å². The monoisotopic (exact) mass is 197 g/mol. The smallest absolute Gasteiger partial charge is 0.0535 e. The van der Waals surface area contributed by atoms with Crippen LogP contribution >= 0.6 is 0 Å². The van der Waals surface area contributed by atoms with Crippen molar-refractivity contribution in [3.8, 4) is 0 Å². The van der Waals surface area contributed by atoms with E-state index in [2.05, 4.69) is 6.92 Å². The molecule has 2 heteroatoms. The molecule has 2 nitrogen and oxygen atoms in total. The van der Waals surface area contributed by atoms with Crippen molar-refractivity contribution in [1.82, 2.24) is 0 Å². The van der Waals surface area contributed by atoms with Gasteiger partial charge in [-0.3, -0.25) is 0 Å². The van der Waals surface area contributed by atoms with Gasteiger partial charge in [-0.05, 0) is 31.1 Å². The quantitative estimate of drug-likeness (QED) is 0.753. The molecule has 0 amide bonds. The van der Waals surface area contributed by atoms with E-state index in [-0.39, 0.29) is 0 Å². The zero-order chi connectivity index (χ0) is 10.1. The predicted molar refractivity (Wildman–Crippen MR) is 58.1 cm³/mol. The van der Waals surface area contributed by atoms with Crippen LogP contribution in [0.2, 0.25) is 0 Å². The van der Waals surface area contributed by atoms with Gasteiger partial charge in [-0.15, -0.1) is 0 Å². The Morgan fingerprint density at radius 2 is 1.93 bits per heavy atom. The highest BCUT2D eigenvalue weighted by Crippen LogP contribution is 2.48. The first kappa shape index (κ1) is 10.4. The Labute approximate surface area is 87.2 Å². The maximum absolute atomic E-state index is 5.93. The molecule has 0 aromatic heterocycles. The molecule has 1 atom stereocenters. The standard InChI is InChI=1S/C12H23NO/c1-11(4-2-3-5-11)8-12(9-13)6-7-14-10-12/h2-10,13H2,1H3. The molecular formula is C12H23NO. The summed E-state index contributed by atoms with van der Waals surface area (Å²) in [5, 5.41) is 0. The topological polar surface area (TPSA) is 35.2 Å². The highest BCUT2D eigenvalue weighted by Gasteiger charge is 2.41. The van der Waals surface area contributed by atoms with Crippen LogP contribution in [0, 0.1) is 10.8 Å². The van der Waals surface area contributed by atoms with E-state index >= 15 is 0 Å². The maximum Gasteiger partial charge on any atom is 0.0535 e. The van der Waals surface area contributed by atoms with Gasteiger partial charge < -0.3 is 10.5 Å². The van der Waals surface area contributed by atoms with E-state index in [9.17, 15) is 0 Å². The van der Waals surface area contributed by atoms with Gasteiger partial charge in [0.1, 0.15) is 0 Å². The van der Waals surface area contributed by atoms with Gasteiger partial charge in [0.05, 0.1) is 6.61 Å².